The molecule has 1 aromatic heterocycles. The minimum Gasteiger partial charge on any atom is -0.478 e. The molecule has 0 radical (unpaired) electrons. The molecule has 0 saturated carbocycles. The van der Waals surface area contributed by atoms with Gasteiger partial charge in [0.25, 0.3) is 0 Å². The van der Waals surface area contributed by atoms with E-state index in [1.54, 1.807) is 0 Å². The van der Waals surface area contributed by atoms with E-state index in [1.807, 2.05) is 30.3 Å². The van der Waals surface area contributed by atoms with Crippen LogP contribution < -0.4 is 0 Å². The number of hydrogen-bond acceptors (Lipinski definition) is 4. The van der Waals surface area contributed by atoms with E-state index in [1.165, 1.54) is 6.08 Å². The Balaban J connectivity index is 2.23. The normalized spacial score (nSPS) is 10.8. The van der Waals surface area contributed by atoms with Crippen molar-refractivity contribution >= 4 is 12.0 Å². The first-order valence-electron chi connectivity index (χ1n) is 4.55. The van der Waals surface area contributed by atoms with Gasteiger partial charge in [-0.2, -0.15) is 0 Å². The number of aromatic nitrogens is 2. The van der Waals surface area contributed by atoms with Gasteiger partial charge in [0.05, 0.1) is 0 Å². The number of hydrogen-bond donors (Lipinski definition) is 1. The number of carboxylic acids is 1. The van der Waals surface area contributed by atoms with Crippen LogP contribution >= 0.6 is 0 Å². The van der Waals surface area contributed by atoms with Crippen molar-refractivity contribution in [3.8, 4) is 11.5 Å². The predicted octanol–water partition coefficient (Wildman–Crippen LogP) is 1.83. The molecular formula is C11H8N2O3. The summed E-state index contributed by atoms with van der Waals surface area (Å²) in [6.45, 7) is 0. The number of benzene rings is 1. The molecule has 0 atom stereocenters. The van der Waals surface area contributed by atoms with Crippen LogP contribution in [0.3, 0.4) is 0 Å². The topological polar surface area (TPSA) is 76.2 Å². The Bertz CT molecular complexity index is 517. The lowest BCUT2D eigenvalue weighted by Crippen LogP contribution is -1.85. The number of rotatable bonds is 3. The SMILES string of the molecule is O=C(O)/C=C/c1nnc(-c2ccccc2)o1. The summed E-state index contributed by atoms with van der Waals surface area (Å²) in [4.78, 5) is 10.3. The first kappa shape index (κ1) is 10.1. The second-order valence-corrected chi connectivity index (χ2v) is 2.98. The lowest BCUT2D eigenvalue weighted by molar-refractivity contribution is -0.131. The van der Waals surface area contributed by atoms with E-state index < -0.39 is 5.97 Å². The van der Waals surface area contributed by atoms with Gasteiger partial charge in [-0.25, -0.2) is 4.79 Å². The summed E-state index contributed by atoms with van der Waals surface area (Å²) in [5, 5.41) is 15.9. The lowest BCUT2D eigenvalue weighted by Gasteiger charge is -1.90. The van der Waals surface area contributed by atoms with Crippen LogP contribution in [-0.2, 0) is 4.79 Å². The molecule has 0 aliphatic rings. The maximum absolute atomic E-state index is 10.3. The molecule has 1 aromatic carbocycles. The predicted molar refractivity (Wildman–Crippen MR) is 56.4 cm³/mol. The van der Waals surface area contributed by atoms with E-state index >= 15 is 0 Å². The third-order valence-corrected chi connectivity index (χ3v) is 1.83. The zero-order valence-electron chi connectivity index (χ0n) is 8.20. The fraction of sp³-hybridized carbons (Fsp3) is 0. The molecule has 0 unspecified atom stereocenters. The van der Waals surface area contributed by atoms with Gasteiger partial charge in [0, 0.05) is 17.7 Å². The highest BCUT2D eigenvalue weighted by molar-refractivity contribution is 5.84. The van der Waals surface area contributed by atoms with Crippen molar-refractivity contribution < 1.29 is 14.3 Å². The van der Waals surface area contributed by atoms with Gasteiger partial charge in [-0.1, -0.05) is 18.2 Å². The van der Waals surface area contributed by atoms with Crippen LogP contribution in [-0.4, -0.2) is 21.3 Å². The van der Waals surface area contributed by atoms with Gasteiger partial charge in [-0.3, -0.25) is 0 Å². The smallest absolute Gasteiger partial charge is 0.328 e. The molecule has 0 fully saturated rings. The van der Waals surface area contributed by atoms with Crippen molar-refractivity contribution in [2.45, 2.75) is 0 Å². The van der Waals surface area contributed by atoms with Gasteiger partial charge in [0.2, 0.25) is 11.8 Å². The molecular weight excluding hydrogens is 208 g/mol. The van der Waals surface area contributed by atoms with Crippen LogP contribution in [0, 0.1) is 0 Å². The summed E-state index contributed by atoms with van der Waals surface area (Å²) < 4.78 is 5.25. The summed E-state index contributed by atoms with van der Waals surface area (Å²) in [6.07, 6.45) is 2.20. The molecule has 2 rings (SSSR count). The van der Waals surface area contributed by atoms with Crippen LogP contribution in [0.4, 0.5) is 0 Å². The minimum atomic E-state index is -1.06. The molecule has 1 N–H and O–H groups in total. The van der Waals surface area contributed by atoms with E-state index in [9.17, 15) is 4.79 Å². The summed E-state index contributed by atoms with van der Waals surface area (Å²) in [5.74, 6) is -0.522. The Labute approximate surface area is 91.1 Å². The van der Waals surface area contributed by atoms with Gasteiger partial charge in [-0.15, -0.1) is 10.2 Å². The molecule has 5 heteroatoms. The molecule has 1 heterocycles. The lowest BCUT2D eigenvalue weighted by atomic mass is 10.2. The Hall–Kier alpha value is -2.43. The van der Waals surface area contributed by atoms with Crippen LogP contribution in [0.25, 0.3) is 17.5 Å². The monoisotopic (exact) mass is 216 g/mol. The second-order valence-electron chi connectivity index (χ2n) is 2.98. The van der Waals surface area contributed by atoms with Crippen molar-refractivity contribution in [2.75, 3.05) is 0 Å². The summed E-state index contributed by atoms with van der Waals surface area (Å²) in [7, 11) is 0. The van der Waals surface area contributed by atoms with E-state index in [4.69, 9.17) is 9.52 Å². The molecule has 0 aliphatic carbocycles. The summed E-state index contributed by atoms with van der Waals surface area (Å²) in [6, 6.07) is 9.25. The highest BCUT2D eigenvalue weighted by atomic mass is 16.4. The van der Waals surface area contributed by atoms with Crippen molar-refractivity contribution in [3.63, 3.8) is 0 Å². The largest absolute Gasteiger partial charge is 0.478 e. The van der Waals surface area contributed by atoms with E-state index in [-0.39, 0.29) is 5.89 Å². The highest BCUT2D eigenvalue weighted by Gasteiger charge is 2.05. The van der Waals surface area contributed by atoms with Crippen LogP contribution in [0.2, 0.25) is 0 Å². The van der Waals surface area contributed by atoms with Gasteiger partial charge in [0.1, 0.15) is 0 Å². The van der Waals surface area contributed by atoms with Crippen LogP contribution in [0.15, 0.2) is 40.8 Å². The standard InChI is InChI=1S/C11H8N2O3/c14-10(15)7-6-9-12-13-11(16-9)8-4-2-1-3-5-8/h1-7H,(H,14,15)/b7-6+. The van der Waals surface area contributed by atoms with Gasteiger partial charge >= 0.3 is 5.97 Å². The first-order valence-corrected chi connectivity index (χ1v) is 4.55. The molecule has 0 aliphatic heterocycles. The number of carbonyl (C=O) groups is 1. The molecule has 0 saturated heterocycles. The highest BCUT2D eigenvalue weighted by Crippen LogP contribution is 2.17. The Morgan fingerprint density at radius 1 is 1.25 bits per heavy atom. The zero-order chi connectivity index (χ0) is 11.4. The molecule has 80 valence electrons. The number of aliphatic carboxylic acids is 1. The third kappa shape index (κ3) is 2.33. The van der Waals surface area contributed by atoms with E-state index in [2.05, 4.69) is 10.2 Å². The summed E-state index contributed by atoms with van der Waals surface area (Å²) >= 11 is 0. The zero-order valence-corrected chi connectivity index (χ0v) is 8.20. The minimum absolute atomic E-state index is 0.168. The maximum atomic E-state index is 10.3. The molecule has 0 amide bonds. The van der Waals surface area contributed by atoms with Gasteiger partial charge in [0.15, 0.2) is 0 Å². The molecule has 16 heavy (non-hydrogen) atoms. The first-order chi connectivity index (χ1) is 7.75. The molecule has 0 spiro atoms. The average molecular weight is 216 g/mol. The van der Waals surface area contributed by atoms with Crippen LogP contribution in [0.1, 0.15) is 5.89 Å². The number of carboxylic acid groups (broad SMARTS) is 1. The molecule has 5 nitrogen and oxygen atoms in total. The Morgan fingerprint density at radius 3 is 2.69 bits per heavy atom. The van der Waals surface area contributed by atoms with Crippen molar-refractivity contribution in [1.82, 2.24) is 10.2 Å². The van der Waals surface area contributed by atoms with Crippen LogP contribution in [0.5, 0.6) is 0 Å². The van der Waals surface area contributed by atoms with Gasteiger partial charge in [-0.05, 0) is 12.1 Å². The van der Waals surface area contributed by atoms with Crippen molar-refractivity contribution in [1.29, 1.82) is 0 Å². The van der Waals surface area contributed by atoms with Crippen molar-refractivity contribution in [3.05, 3.63) is 42.3 Å². The average Bonchev–Trinajstić information content (AvgIpc) is 2.76. The molecule has 0 bridgehead atoms. The maximum Gasteiger partial charge on any atom is 0.328 e. The Morgan fingerprint density at radius 2 is 2.00 bits per heavy atom. The Kier molecular flexibility index (Phi) is 2.77. The van der Waals surface area contributed by atoms with Gasteiger partial charge < -0.3 is 9.52 Å². The fourth-order valence-corrected chi connectivity index (χ4v) is 1.14. The molecule has 2 aromatic rings. The summed E-state index contributed by atoms with van der Waals surface area (Å²) in [5.41, 5.74) is 0.796. The van der Waals surface area contributed by atoms with Crippen molar-refractivity contribution in [2.24, 2.45) is 0 Å². The quantitative estimate of drug-likeness (QED) is 0.792. The number of nitrogens with zero attached hydrogens (tertiary/aromatic N) is 2. The van der Waals surface area contributed by atoms with E-state index in [0.29, 0.717) is 5.89 Å². The third-order valence-electron chi connectivity index (χ3n) is 1.83. The second kappa shape index (κ2) is 4.39. The fourth-order valence-electron chi connectivity index (χ4n) is 1.14. The van der Waals surface area contributed by atoms with E-state index in [0.717, 1.165) is 11.6 Å².